The lowest BCUT2D eigenvalue weighted by molar-refractivity contribution is 0.267. The lowest BCUT2D eigenvalue weighted by Crippen LogP contribution is -2.38. The van der Waals surface area contributed by atoms with Crippen molar-refractivity contribution in [3.05, 3.63) is 11.1 Å². The van der Waals surface area contributed by atoms with Crippen LogP contribution in [0.1, 0.15) is 51.3 Å². The van der Waals surface area contributed by atoms with E-state index in [4.69, 9.17) is 15.2 Å². The summed E-state index contributed by atoms with van der Waals surface area (Å²) in [5.74, 6) is 1.19. The molecule has 2 rings (SSSR count). The minimum absolute atomic E-state index is 0.0949. The summed E-state index contributed by atoms with van der Waals surface area (Å²) in [5.41, 5.74) is 8.23. The van der Waals surface area contributed by atoms with Crippen molar-refractivity contribution >= 4 is 5.69 Å². The van der Waals surface area contributed by atoms with Crippen molar-refractivity contribution in [2.45, 2.75) is 52.1 Å². The fourth-order valence-corrected chi connectivity index (χ4v) is 2.95. The Morgan fingerprint density at radius 1 is 1.38 bits per heavy atom. The maximum absolute atomic E-state index is 10.6. The van der Waals surface area contributed by atoms with E-state index in [9.17, 15) is 5.11 Å². The number of phenolic OH excluding ortho intramolecular Hbond substituents is 1. The number of aromatic hydroxyl groups is 1. The largest absolute Gasteiger partial charge is 0.504 e. The predicted octanol–water partition coefficient (Wildman–Crippen LogP) is 2.76. The van der Waals surface area contributed by atoms with Gasteiger partial charge in [-0.3, -0.25) is 0 Å². The molecule has 0 saturated carbocycles. The number of nitrogens with one attached hydrogen (secondary N) is 1. The highest BCUT2D eigenvalue weighted by Crippen LogP contribution is 2.49. The topological polar surface area (TPSA) is 76.7 Å². The minimum atomic E-state index is -0.113. The lowest BCUT2D eigenvalue weighted by Gasteiger charge is -2.30. The van der Waals surface area contributed by atoms with Crippen LogP contribution in [0.5, 0.6) is 17.2 Å². The third-order valence-electron chi connectivity index (χ3n) is 3.66. The first-order valence-electron chi connectivity index (χ1n) is 7.38. The lowest BCUT2D eigenvalue weighted by atomic mass is 9.94. The number of methoxy groups -OCH3 is 1. The fourth-order valence-electron chi connectivity index (χ4n) is 2.95. The summed E-state index contributed by atoms with van der Waals surface area (Å²) in [4.78, 5) is 0. The molecule has 1 heterocycles. The number of hydrogen-bond donors (Lipinski definition) is 3. The quantitative estimate of drug-likeness (QED) is 0.590. The summed E-state index contributed by atoms with van der Waals surface area (Å²) in [6.45, 7) is 8.81. The highest BCUT2D eigenvalue weighted by molar-refractivity contribution is 5.73. The van der Waals surface area contributed by atoms with Crippen LogP contribution in [-0.2, 0) is 6.42 Å². The molecule has 5 heteroatoms. The van der Waals surface area contributed by atoms with Gasteiger partial charge in [0, 0.05) is 17.1 Å². The first-order chi connectivity index (χ1) is 9.76. The van der Waals surface area contributed by atoms with E-state index >= 15 is 0 Å². The third-order valence-corrected chi connectivity index (χ3v) is 3.66. The molecular formula is C16H26N2O3. The Morgan fingerprint density at radius 3 is 2.62 bits per heavy atom. The molecule has 118 valence electrons. The average Bonchev–Trinajstić information content (AvgIpc) is 2.40. The van der Waals surface area contributed by atoms with Crippen molar-refractivity contribution in [1.29, 1.82) is 0 Å². The summed E-state index contributed by atoms with van der Waals surface area (Å²) in [5, 5.41) is 14.1. The van der Waals surface area contributed by atoms with Gasteiger partial charge in [-0.2, -0.15) is 0 Å². The van der Waals surface area contributed by atoms with Gasteiger partial charge < -0.3 is 25.6 Å². The van der Waals surface area contributed by atoms with Crippen molar-refractivity contribution in [2.75, 3.05) is 19.5 Å². The number of ether oxygens (including phenoxy) is 2. The molecule has 0 radical (unpaired) electrons. The predicted molar refractivity (Wildman–Crippen MR) is 84.2 cm³/mol. The first kappa shape index (κ1) is 15.8. The Hall–Kier alpha value is -1.62. The molecule has 1 atom stereocenters. The number of fused-ring (bicyclic) bond motifs is 1. The Morgan fingerprint density at radius 2 is 2.05 bits per heavy atom. The van der Waals surface area contributed by atoms with Crippen LogP contribution in [0, 0.1) is 0 Å². The molecule has 5 nitrogen and oxygen atoms in total. The second-order valence-electron chi connectivity index (χ2n) is 6.58. The minimum Gasteiger partial charge on any atom is -0.504 e. The van der Waals surface area contributed by atoms with Crippen molar-refractivity contribution < 1.29 is 14.6 Å². The molecular weight excluding hydrogens is 268 g/mol. The van der Waals surface area contributed by atoms with Gasteiger partial charge in [0.15, 0.2) is 17.2 Å². The van der Waals surface area contributed by atoms with Crippen LogP contribution in [-0.4, -0.2) is 24.4 Å². The molecule has 1 unspecified atom stereocenters. The Balaban J connectivity index is 2.56. The molecule has 0 aromatic heterocycles. The summed E-state index contributed by atoms with van der Waals surface area (Å²) < 4.78 is 11.1. The average molecular weight is 294 g/mol. The molecule has 0 bridgehead atoms. The molecule has 1 aliphatic rings. The number of hydrogen-bond acceptors (Lipinski definition) is 5. The zero-order valence-corrected chi connectivity index (χ0v) is 13.5. The number of benzene rings is 1. The van der Waals surface area contributed by atoms with Gasteiger partial charge in [0.05, 0.1) is 25.0 Å². The van der Waals surface area contributed by atoms with E-state index in [0.29, 0.717) is 29.4 Å². The standard InChI is InChI=1S/C16H26N2O3/c1-9(18-16(2,3)4)11-13(19)14-10(7-6-8-21-14)12(17)15(11)20-5/h9,18-19H,6-8,17H2,1-5H3. The van der Waals surface area contributed by atoms with Crippen LogP contribution in [0.15, 0.2) is 0 Å². The van der Waals surface area contributed by atoms with Gasteiger partial charge in [-0.05, 0) is 40.5 Å². The number of nitrogen functional groups attached to an aromatic ring is 1. The van der Waals surface area contributed by atoms with Gasteiger partial charge in [-0.1, -0.05) is 0 Å². The molecule has 0 spiro atoms. The molecule has 0 saturated heterocycles. The molecule has 0 aliphatic carbocycles. The van der Waals surface area contributed by atoms with Gasteiger partial charge in [0.1, 0.15) is 0 Å². The van der Waals surface area contributed by atoms with E-state index < -0.39 is 0 Å². The van der Waals surface area contributed by atoms with E-state index in [-0.39, 0.29) is 17.3 Å². The molecule has 1 aromatic rings. The Labute approximate surface area is 126 Å². The van der Waals surface area contributed by atoms with Crippen LogP contribution < -0.4 is 20.5 Å². The second-order valence-corrected chi connectivity index (χ2v) is 6.58. The zero-order chi connectivity index (χ0) is 15.8. The number of anilines is 1. The van der Waals surface area contributed by atoms with Gasteiger partial charge in [0.25, 0.3) is 0 Å². The summed E-state index contributed by atoms with van der Waals surface area (Å²) in [7, 11) is 1.58. The molecule has 1 aromatic carbocycles. The van der Waals surface area contributed by atoms with Crippen molar-refractivity contribution in [3.8, 4) is 17.2 Å². The summed E-state index contributed by atoms with van der Waals surface area (Å²) in [6.07, 6.45) is 1.70. The normalized spacial score (nSPS) is 16.0. The van der Waals surface area contributed by atoms with Gasteiger partial charge in [0.2, 0.25) is 0 Å². The highest BCUT2D eigenvalue weighted by atomic mass is 16.5. The maximum Gasteiger partial charge on any atom is 0.166 e. The Kier molecular flexibility index (Phi) is 4.23. The fraction of sp³-hybridized carbons (Fsp3) is 0.625. The van der Waals surface area contributed by atoms with E-state index in [0.717, 1.165) is 18.4 Å². The molecule has 21 heavy (non-hydrogen) atoms. The van der Waals surface area contributed by atoms with E-state index in [2.05, 4.69) is 26.1 Å². The van der Waals surface area contributed by atoms with Crippen LogP contribution >= 0.6 is 0 Å². The maximum atomic E-state index is 10.6. The summed E-state index contributed by atoms with van der Waals surface area (Å²) in [6, 6.07) is -0.113. The van der Waals surface area contributed by atoms with Crippen molar-refractivity contribution in [3.63, 3.8) is 0 Å². The number of rotatable bonds is 3. The van der Waals surface area contributed by atoms with Crippen molar-refractivity contribution in [2.24, 2.45) is 0 Å². The molecule has 1 aliphatic heterocycles. The van der Waals surface area contributed by atoms with E-state index in [1.54, 1.807) is 7.11 Å². The SMILES string of the molecule is COc1c(N)c2c(c(O)c1C(C)NC(C)(C)C)OCCC2. The zero-order valence-electron chi connectivity index (χ0n) is 13.5. The van der Waals surface area contributed by atoms with Crippen LogP contribution in [0.2, 0.25) is 0 Å². The van der Waals surface area contributed by atoms with Crippen LogP contribution in [0.3, 0.4) is 0 Å². The monoisotopic (exact) mass is 294 g/mol. The third kappa shape index (κ3) is 3.02. The second kappa shape index (κ2) is 5.64. The number of phenols is 1. The van der Waals surface area contributed by atoms with Gasteiger partial charge in [-0.15, -0.1) is 0 Å². The van der Waals surface area contributed by atoms with E-state index in [1.807, 2.05) is 6.92 Å². The van der Waals surface area contributed by atoms with Gasteiger partial charge >= 0.3 is 0 Å². The first-order valence-corrected chi connectivity index (χ1v) is 7.38. The summed E-state index contributed by atoms with van der Waals surface area (Å²) >= 11 is 0. The smallest absolute Gasteiger partial charge is 0.166 e. The molecule has 4 N–H and O–H groups in total. The van der Waals surface area contributed by atoms with Gasteiger partial charge in [-0.25, -0.2) is 0 Å². The van der Waals surface area contributed by atoms with Crippen molar-refractivity contribution in [1.82, 2.24) is 5.32 Å². The molecule has 0 fully saturated rings. The van der Waals surface area contributed by atoms with Crippen LogP contribution in [0.4, 0.5) is 5.69 Å². The van der Waals surface area contributed by atoms with Crippen LogP contribution in [0.25, 0.3) is 0 Å². The number of nitrogens with two attached hydrogens (primary N) is 1. The highest BCUT2D eigenvalue weighted by Gasteiger charge is 2.30. The Bertz CT molecular complexity index is 536. The van der Waals surface area contributed by atoms with E-state index in [1.165, 1.54) is 0 Å². The molecule has 0 amide bonds.